The van der Waals surface area contributed by atoms with Gasteiger partial charge >= 0.3 is 39.5 Å². The molecule has 0 saturated heterocycles. The molecule has 0 fully saturated rings. The van der Waals surface area contributed by atoms with Crippen LogP contribution in [0.1, 0.15) is 344 Å². The summed E-state index contributed by atoms with van der Waals surface area (Å²) in [5, 5.41) is 10.6. The molecular formula is C69H134O17P2. The maximum atomic E-state index is 13.0. The minimum Gasteiger partial charge on any atom is -0.462 e. The predicted octanol–water partition coefficient (Wildman–Crippen LogP) is 19.5. The lowest BCUT2D eigenvalue weighted by molar-refractivity contribution is -0.161. The minimum atomic E-state index is -4.95. The quantitative estimate of drug-likeness (QED) is 0.0222. The highest BCUT2D eigenvalue weighted by molar-refractivity contribution is 7.47. The molecule has 0 aromatic carbocycles. The van der Waals surface area contributed by atoms with Crippen molar-refractivity contribution in [1.29, 1.82) is 0 Å². The molecule has 0 rings (SSSR count). The summed E-state index contributed by atoms with van der Waals surface area (Å²) in [6.45, 7) is 11.8. The lowest BCUT2D eigenvalue weighted by Gasteiger charge is -2.21. The Kier molecular flexibility index (Phi) is 58.7. The van der Waals surface area contributed by atoms with Gasteiger partial charge < -0.3 is 33.8 Å². The topological polar surface area (TPSA) is 237 Å². The highest BCUT2D eigenvalue weighted by atomic mass is 31.2. The van der Waals surface area contributed by atoms with Gasteiger partial charge in [0.1, 0.15) is 19.3 Å². The van der Waals surface area contributed by atoms with E-state index in [4.69, 9.17) is 37.0 Å². The first-order valence-corrected chi connectivity index (χ1v) is 38.9. The molecule has 0 aliphatic rings. The fourth-order valence-corrected chi connectivity index (χ4v) is 11.9. The molecular weight excluding hydrogens is 1160 g/mol. The van der Waals surface area contributed by atoms with Crippen molar-refractivity contribution in [3.05, 3.63) is 0 Å². The van der Waals surface area contributed by atoms with E-state index >= 15 is 0 Å². The fraction of sp³-hybridized carbons (Fsp3) is 0.942. The minimum absolute atomic E-state index is 0.102. The molecule has 0 heterocycles. The largest absolute Gasteiger partial charge is 0.472 e. The lowest BCUT2D eigenvalue weighted by Crippen LogP contribution is -2.30. The van der Waals surface area contributed by atoms with E-state index in [1.54, 1.807) is 0 Å². The van der Waals surface area contributed by atoms with Crippen LogP contribution in [-0.4, -0.2) is 96.7 Å². The summed E-state index contributed by atoms with van der Waals surface area (Å²) in [4.78, 5) is 72.3. The zero-order valence-corrected chi connectivity index (χ0v) is 59.0. The second-order valence-electron chi connectivity index (χ2n) is 26.1. The van der Waals surface area contributed by atoms with Gasteiger partial charge in [0.25, 0.3) is 0 Å². The van der Waals surface area contributed by atoms with Crippen molar-refractivity contribution in [2.75, 3.05) is 39.6 Å². The third-order valence-electron chi connectivity index (χ3n) is 16.2. The number of aliphatic hydroxyl groups is 1. The lowest BCUT2D eigenvalue weighted by atomic mass is 9.99. The second-order valence-corrected chi connectivity index (χ2v) is 29.0. The number of ether oxygens (including phenoxy) is 4. The Labute approximate surface area is 537 Å². The SMILES string of the molecule is CCCCCCCCCCC(=O)OC[C@H](COP(=O)(O)OC[C@H](O)COP(=O)(O)OC[C@@H](COC(=O)CCCCCCCCCCC(C)CC)OC(=O)CCCCCCCCCCCCCCCCCCC(C)C)OC(=O)CCCCCCCCC(C)C. The molecule has 3 N–H and O–H groups in total. The summed E-state index contributed by atoms with van der Waals surface area (Å²) >= 11 is 0. The smallest absolute Gasteiger partial charge is 0.462 e. The molecule has 522 valence electrons. The molecule has 0 bridgehead atoms. The first-order valence-electron chi connectivity index (χ1n) is 35.9. The van der Waals surface area contributed by atoms with Crippen LogP contribution in [0.4, 0.5) is 0 Å². The van der Waals surface area contributed by atoms with Gasteiger partial charge in [-0.15, -0.1) is 0 Å². The number of esters is 4. The van der Waals surface area contributed by atoms with Gasteiger partial charge in [0.05, 0.1) is 26.4 Å². The third-order valence-corrected chi connectivity index (χ3v) is 18.1. The number of rotatable bonds is 67. The standard InChI is InChI=1S/C69H134O17P2/c1-8-10-11-12-13-28-36-43-50-66(71)79-57-65(86-69(74)53-46-39-32-31-34-41-48-61(5)6)59-84-88(77,78)82-55-63(70)54-81-87(75,76)83-58-64(56-80-67(72)51-44-37-29-25-24-27-35-42-49-62(7)9-2)85-68(73)52-45-38-30-23-21-19-17-15-14-16-18-20-22-26-33-40-47-60(3)4/h60-65,70H,8-59H2,1-7H3,(H,75,76)(H,77,78)/t62?,63-,64-,65-/m1/s1. The van der Waals surface area contributed by atoms with Crippen LogP contribution in [0.25, 0.3) is 0 Å². The normalized spacial score (nSPS) is 14.5. The number of unbranched alkanes of at least 4 members (excludes halogenated alkanes) is 34. The van der Waals surface area contributed by atoms with E-state index in [9.17, 15) is 43.2 Å². The number of aliphatic hydroxyl groups excluding tert-OH is 1. The number of carbonyl (C=O) groups excluding carboxylic acids is 4. The Morgan fingerprint density at radius 3 is 0.864 bits per heavy atom. The molecule has 0 spiro atoms. The van der Waals surface area contributed by atoms with Gasteiger partial charge in [0.15, 0.2) is 12.2 Å². The monoisotopic (exact) mass is 1300 g/mol. The third kappa shape index (κ3) is 61.6. The highest BCUT2D eigenvalue weighted by Crippen LogP contribution is 2.45. The molecule has 0 aliphatic heterocycles. The molecule has 19 heteroatoms. The van der Waals surface area contributed by atoms with E-state index < -0.39 is 97.5 Å². The Hall–Kier alpha value is -1.94. The average molecular weight is 1300 g/mol. The number of phosphoric acid groups is 2. The highest BCUT2D eigenvalue weighted by Gasteiger charge is 2.30. The van der Waals surface area contributed by atoms with Crippen LogP contribution < -0.4 is 0 Å². The summed E-state index contributed by atoms with van der Waals surface area (Å²) in [6, 6.07) is 0. The number of carbonyl (C=O) groups is 4. The molecule has 6 atom stereocenters. The summed E-state index contributed by atoms with van der Waals surface area (Å²) in [5.41, 5.74) is 0. The van der Waals surface area contributed by atoms with Crippen LogP contribution in [0.2, 0.25) is 0 Å². The van der Waals surface area contributed by atoms with Gasteiger partial charge in [-0.3, -0.25) is 37.3 Å². The Morgan fingerprint density at radius 1 is 0.330 bits per heavy atom. The number of hydrogen-bond donors (Lipinski definition) is 3. The predicted molar refractivity (Wildman–Crippen MR) is 354 cm³/mol. The van der Waals surface area contributed by atoms with E-state index in [1.165, 1.54) is 148 Å². The number of phosphoric ester groups is 2. The molecule has 17 nitrogen and oxygen atoms in total. The Balaban J connectivity index is 5.18. The van der Waals surface area contributed by atoms with Crippen LogP contribution in [0.5, 0.6) is 0 Å². The molecule has 0 amide bonds. The van der Waals surface area contributed by atoms with Gasteiger partial charge in [-0.1, -0.05) is 292 Å². The molecule has 0 saturated carbocycles. The van der Waals surface area contributed by atoms with Crippen LogP contribution >= 0.6 is 15.6 Å². The maximum Gasteiger partial charge on any atom is 0.472 e. The van der Waals surface area contributed by atoms with E-state index in [1.807, 2.05) is 0 Å². The summed E-state index contributed by atoms with van der Waals surface area (Å²) < 4.78 is 68.1. The van der Waals surface area contributed by atoms with Crippen molar-refractivity contribution in [2.45, 2.75) is 362 Å². The molecule has 0 aromatic heterocycles. The van der Waals surface area contributed by atoms with Gasteiger partial charge in [-0.2, -0.15) is 0 Å². The Bertz CT molecular complexity index is 1730. The van der Waals surface area contributed by atoms with Gasteiger partial charge in [0.2, 0.25) is 0 Å². The fourth-order valence-electron chi connectivity index (χ4n) is 10.3. The molecule has 88 heavy (non-hydrogen) atoms. The summed E-state index contributed by atoms with van der Waals surface area (Å²) in [7, 11) is -9.89. The first-order chi connectivity index (χ1) is 42.3. The van der Waals surface area contributed by atoms with Gasteiger partial charge in [-0.05, 0) is 43.4 Å². The number of hydrogen-bond acceptors (Lipinski definition) is 15. The molecule has 0 radical (unpaired) electrons. The van der Waals surface area contributed by atoms with Crippen molar-refractivity contribution in [1.82, 2.24) is 0 Å². The zero-order valence-electron chi connectivity index (χ0n) is 57.2. The van der Waals surface area contributed by atoms with E-state index in [0.717, 1.165) is 108 Å². The van der Waals surface area contributed by atoms with Gasteiger partial charge in [0, 0.05) is 25.7 Å². The summed E-state index contributed by atoms with van der Waals surface area (Å²) in [6.07, 6.45) is 43.3. The maximum absolute atomic E-state index is 13.0. The summed E-state index contributed by atoms with van der Waals surface area (Å²) in [5.74, 6) is 0.121. The van der Waals surface area contributed by atoms with E-state index in [-0.39, 0.29) is 25.7 Å². The van der Waals surface area contributed by atoms with Crippen molar-refractivity contribution >= 4 is 39.5 Å². The first kappa shape index (κ1) is 86.1. The van der Waals surface area contributed by atoms with Crippen LogP contribution in [0.15, 0.2) is 0 Å². The van der Waals surface area contributed by atoms with Crippen molar-refractivity contribution in [3.63, 3.8) is 0 Å². The molecule has 0 aliphatic carbocycles. The van der Waals surface area contributed by atoms with Crippen molar-refractivity contribution in [3.8, 4) is 0 Å². The van der Waals surface area contributed by atoms with Crippen molar-refractivity contribution < 1.29 is 80.2 Å². The molecule has 3 unspecified atom stereocenters. The van der Waals surface area contributed by atoms with Crippen LogP contribution in [-0.2, 0) is 65.4 Å². The van der Waals surface area contributed by atoms with Crippen molar-refractivity contribution in [2.24, 2.45) is 17.8 Å². The van der Waals surface area contributed by atoms with Crippen LogP contribution in [0.3, 0.4) is 0 Å². The molecule has 0 aromatic rings. The Morgan fingerprint density at radius 2 is 0.580 bits per heavy atom. The van der Waals surface area contributed by atoms with E-state index in [2.05, 4.69) is 48.5 Å². The van der Waals surface area contributed by atoms with E-state index in [0.29, 0.717) is 31.6 Å². The average Bonchev–Trinajstić information content (AvgIpc) is 3.62. The second kappa shape index (κ2) is 60.0. The van der Waals surface area contributed by atoms with Crippen LogP contribution in [0, 0.1) is 17.8 Å². The zero-order chi connectivity index (χ0) is 65.2. The van der Waals surface area contributed by atoms with Gasteiger partial charge in [-0.25, -0.2) is 9.13 Å².